The van der Waals surface area contributed by atoms with E-state index in [1.165, 1.54) is 50.7 Å². The SMILES string of the molecule is CCCCSCC(O)CC1CCCCC1. The van der Waals surface area contributed by atoms with E-state index in [-0.39, 0.29) is 6.10 Å². The van der Waals surface area contributed by atoms with Gasteiger partial charge in [-0.15, -0.1) is 0 Å². The van der Waals surface area contributed by atoms with Crippen molar-refractivity contribution in [3.05, 3.63) is 0 Å². The van der Waals surface area contributed by atoms with Crippen molar-refractivity contribution >= 4 is 11.8 Å². The van der Waals surface area contributed by atoms with Gasteiger partial charge in [-0.05, 0) is 24.5 Å². The molecule has 0 aromatic carbocycles. The first kappa shape index (κ1) is 13.4. The van der Waals surface area contributed by atoms with E-state index in [0.29, 0.717) is 0 Å². The largest absolute Gasteiger partial charge is 0.392 e. The molecule has 0 saturated heterocycles. The summed E-state index contributed by atoms with van der Waals surface area (Å²) in [5, 5.41) is 9.88. The van der Waals surface area contributed by atoms with Gasteiger partial charge in [-0.3, -0.25) is 0 Å². The molecule has 1 unspecified atom stereocenters. The van der Waals surface area contributed by atoms with Crippen LogP contribution in [0.15, 0.2) is 0 Å². The highest BCUT2D eigenvalue weighted by molar-refractivity contribution is 7.99. The van der Waals surface area contributed by atoms with E-state index < -0.39 is 0 Å². The minimum atomic E-state index is -0.0463. The molecule has 90 valence electrons. The van der Waals surface area contributed by atoms with Gasteiger partial charge in [0, 0.05) is 5.75 Å². The highest BCUT2D eigenvalue weighted by atomic mass is 32.2. The molecule has 1 aliphatic rings. The van der Waals surface area contributed by atoms with Crippen molar-refractivity contribution in [2.75, 3.05) is 11.5 Å². The van der Waals surface area contributed by atoms with Crippen LogP contribution in [0.4, 0.5) is 0 Å². The summed E-state index contributed by atoms with van der Waals surface area (Å²) >= 11 is 1.92. The fourth-order valence-corrected chi connectivity index (χ4v) is 3.41. The van der Waals surface area contributed by atoms with Crippen LogP contribution >= 0.6 is 11.8 Å². The third-order valence-corrected chi connectivity index (χ3v) is 4.48. The fraction of sp³-hybridized carbons (Fsp3) is 1.00. The van der Waals surface area contributed by atoms with Crippen LogP contribution in [0, 0.1) is 5.92 Å². The van der Waals surface area contributed by atoms with Crippen molar-refractivity contribution in [3.8, 4) is 0 Å². The number of thioether (sulfide) groups is 1. The van der Waals surface area contributed by atoms with Crippen molar-refractivity contribution in [2.24, 2.45) is 5.92 Å². The first-order chi connectivity index (χ1) is 7.33. The summed E-state index contributed by atoms with van der Waals surface area (Å²) in [5.41, 5.74) is 0. The lowest BCUT2D eigenvalue weighted by Crippen LogP contribution is -2.18. The highest BCUT2D eigenvalue weighted by Gasteiger charge is 2.17. The first-order valence-corrected chi connectivity index (χ1v) is 7.74. The topological polar surface area (TPSA) is 20.2 Å². The smallest absolute Gasteiger partial charge is 0.0633 e. The van der Waals surface area contributed by atoms with Gasteiger partial charge >= 0.3 is 0 Å². The van der Waals surface area contributed by atoms with Gasteiger partial charge < -0.3 is 5.11 Å². The molecule has 1 fully saturated rings. The molecule has 1 rings (SSSR count). The normalized spacial score (nSPS) is 20.4. The van der Waals surface area contributed by atoms with Crippen molar-refractivity contribution in [1.29, 1.82) is 0 Å². The maximum Gasteiger partial charge on any atom is 0.0633 e. The van der Waals surface area contributed by atoms with Crippen LogP contribution in [0.25, 0.3) is 0 Å². The molecule has 0 heterocycles. The average Bonchev–Trinajstić information content (AvgIpc) is 2.26. The lowest BCUT2D eigenvalue weighted by atomic mass is 9.86. The monoisotopic (exact) mass is 230 g/mol. The van der Waals surface area contributed by atoms with Crippen LogP contribution in [-0.4, -0.2) is 22.7 Å². The number of aliphatic hydroxyl groups is 1. The van der Waals surface area contributed by atoms with E-state index in [0.717, 1.165) is 18.1 Å². The maximum atomic E-state index is 9.88. The zero-order valence-electron chi connectivity index (χ0n) is 10.1. The molecule has 0 radical (unpaired) electrons. The van der Waals surface area contributed by atoms with Gasteiger partial charge in [-0.25, -0.2) is 0 Å². The van der Waals surface area contributed by atoms with E-state index >= 15 is 0 Å². The van der Waals surface area contributed by atoms with E-state index in [1.807, 2.05) is 11.8 Å². The lowest BCUT2D eigenvalue weighted by molar-refractivity contribution is 0.150. The summed E-state index contributed by atoms with van der Waals surface area (Å²) in [4.78, 5) is 0. The van der Waals surface area contributed by atoms with Crippen LogP contribution in [0.2, 0.25) is 0 Å². The van der Waals surface area contributed by atoms with Crippen LogP contribution in [0.3, 0.4) is 0 Å². The van der Waals surface area contributed by atoms with Gasteiger partial charge in [-0.2, -0.15) is 11.8 Å². The van der Waals surface area contributed by atoms with Gasteiger partial charge in [0.2, 0.25) is 0 Å². The third-order valence-electron chi connectivity index (χ3n) is 3.28. The minimum absolute atomic E-state index is 0.0463. The molecule has 0 amide bonds. The zero-order valence-corrected chi connectivity index (χ0v) is 10.9. The molecule has 0 spiro atoms. The molecular weight excluding hydrogens is 204 g/mol. The van der Waals surface area contributed by atoms with Gasteiger partial charge in [0.15, 0.2) is 0 Å². The van der Waals surface area contributed by atoms with Crippen LogP contribution < -0.4 is 0 Å². The number of rotatable bonds is 7. The number of hydrogen-bond donors (Lipinski definition) is 1. The van der Waals surface area contributed by atoms with Crippen LogP contribution in [0.5, 0.6) is 0 Å². The van der Waals surface area contributed by atoms with Gasteiger partial charge in [0.25, 0.3) is 0 Å². The van der Waals surface area contributed by atoms with Gasteiger partial charge in [0.05, 0.1) is 6.10 Å². The van der Waals surface area contributed by atoms with Crippen LogP contribution in [-0.2, 0) is 0 Å². The van der Waals surface area contributed by atoms with Crippen molar-refractivity contribution in [3.63, 3.8) is 0 Å². The Morgan fingerprint density at radius 2 is 2.00 bits per heavy atom. The van der Waals surface area contributed by atoms with Gasteiger partial charge in [-0.1, -0.05) is 45.4 Å². The van der Waals surface area contributed by atoms with E-state index in [4.69, 9.17) is 0 Å². The van der Waals surface area contributed by atoms with Crippen molar-refractivity contribution in [2.45, 2.75) is 64.4 Å². The summed E-state index contributed by atoms with van der Waals surface area (Å²) in [6.07, 6.45) is 10.5. The quantitative estimate of drug-likeness (QED) is 0.670. The van der Waals surface area contributed by atoms with Crippen LogP contribution in [0.1, 0.15) is 58.3 Å². The molecule has 0 bridgehead atoms. The standard InChI is InChI=1S/C13H26OS/c1-2-3-9-15-11-13(14)10-12-7-5-4-6-8-12/h12-14H,2-11H2,1H3. The second kappa shape index (κ2) is 8.46. The second-order valence-electron chi connectivity index (χ2n) is 4.82. The minimum Gasteiger partial charge on any atom is -0.392 e. The van der Waals surface area contributed by atoms with E-state index in [9.17, 15) is 5.11 Å². The Kier molecular flexibility index (Phi) is 7.54. The highest BCUT2D eigenvalue weighted by Crippen LogP contribution is 2.28. The Balaban J connectivity index is 1.98. The molecule has 1 nitrogen and oxygen atoms in total. The Labute approximate surface area is 99.0 Å². The summed E-state index contributed by atoms with van der Waals surface area (Å²) < 4.78 is 0. The Morgan fingerprint density at radius 3 is 2.67 bits per heavy atom. The average molecular weight is 230 g/mol. The molecule has 0 aromatic heterocycles. The molecule has 1 N–H and O–H groups in total. The van der Waals surface area contributed by atoms with E-state index in [2.05, 4.69) is 6.92 Å². The third kappa shape index (κ3) is 6.47. The Hall–Kier alpha value is 0.310. The molecule has 1 aliphatic carbocycles. The van der Waals surface area contributed by atoms with Gasteiger partial charge in [0.1, 0.15) is 0 Å². The predicted molar refractivity (Wildman–Crippen MR) is 69.4 cm³/mol. The number of hydrogen-bond acceptors (Lipinski definition) is 2. The maximum absolute atomic E-state index is 9.88. The molecular formula is C13H26OS. The summed E-state index contributed by atoms with van der Waals surface area (Å²) in [7, 11) is 0. The first-order valence-electron chi connectivity index (χ1n) is 6.58. The second-order valence-corrected chi connectivity index (χ2v) is 5.97. The Bertz CT molecular complexity index is 143. The number of unbranched alkanes of at least 4 members (excludes halogenated alkanes) is 1. The fourth-order valence-electron chi connectivity index (χ4n) is 2.34. The van der Waals surface area contributed by atoms with Crippen molar-refractivity contribution < 1.29 is 5.11 Å². The Morgan fingerprint density at radius 1 is 1.27 bits per heavy atom. The summed E-state index contributed by atoms with van der Waals surface area (Å²) in [6, 6.07) is 0. The molecule has 2 heteroatoms. The summed E-state index contributed by atoms with van der Waals surface area (Å²) in [6.45, 7) is 2.22. The molecule has 0 aromatic rings. The number of aliphatic hydroxyl groups excluding tert-OH is 1. The zero-order chi connectivity index (χ0) is 10.9. The lowest BCUT2D eigenvalue weighted by Gasteiger charge is -2.23. The van der Waals surface area contributed by atoms with Crippen molar-refractivity contribution in [1.82, 2.24) is 0 Å². The molecule has 1 saturated carbocycles. The summed E-state index contributed by atoms with van der Waals surface area (Å²) in [5.74, 6) is 3.00. The van der Waals surface area contributed by atoms with E-state index in [1.54, 1.807) is 0 Å². The molecule has 15 heavy (non-hydrogen) atoms. The molecule has 1 atom stereocenters. The molecule has 0 aliphatic heterocycles. The predicted octanol–water partition coefficient (Wildman–Crippen LogP) is 3.85.